The number of anilines is 5. The monoisotopic (exact) mass is 623 g/mol. The molecule has 10 rings (SSSR count). The van der Waals surface area contributed by atoms with E-state index in [-0.39, 0.29) is 11.3 Å². The highest BCUT2D eigenvalue weighted by Gasteiger charge is 2.56. The van der Waals surface area contributed by atoms with Crippen molar-refractivity contribution in [2.45, 2.75) is 21.6 Å². The average Bonchev–Trinajstić information content (AvgIpc) is 3.43. The van der Waals surface area contributed by atoms with Gasteiger partial charge in [-0.3, -0.25) is 4.21 Å². The van der Waals surface area contributed by atoms with Crippen LogP contribution in [0.4, 0.5) is 28.6 Å². The molecule has 47 heavy (non-hydrogen) atoms. The Kier molecular flexibility index (Phi) is 5.67. The summed E-state index contributed by atoms with van der Waals surface area (Å²) < 4.78 is 15.0. The third kappa shape index (κ3) is 3.47. The number of para-hydroxylation sites is 4. The van der Waals surface area contributed by atoms with Crippen LogP contribution in [0.3, 0.4) is 0 Å². The molecule has 3 unspecified atom stereocenters. The number of pyridine rings is 1. The van der Waals surface area contributed by atoms with Crippen molar-refractivity contribution in [1.29, 1.82) is 0 Å². The second-order valence-electron chi connectivity index (χ2n) is 12.4. The molecule has 5 aromatic carbocycles. The molecule has 2 aliphatic carbocycles. The van der Waals surface area contributed by atoms with E-state index in [1.807, 2.05) is 36.5 Å². The van der Waals surface area contributed by atoms with E-state index in [1.54, 1.807) is 0 Å². The second kappa shape index (κ2) is 9.99. The lowest BCUT2D eigenvalue weighted by molar-refractivity contribution is 0.657. The maximum absolute atomic E-state index is 15.0. The SMILES string of the molecule is O=S1c2ccccc2N(c2ccccn2)C2C=CC3=C(c4ccccc4C34c3ccccc3N(c3ccccc3)c3ccccc34)C21. The van der Waals surface area contributed by atoms with Crippen LogP contribution >= 0.6 is 0 Å². The zero-order valence-electron chi connectivity index (χ0n) is 25.4. The first kappa shape index (κ1) is 26.7. The van der Waals surface area contributed by atoms with Gasteiger partial charge in [-0.25, -0.2) is 4.98 Å². The van der Waals surface area contributed by atoms with Crippen LogP contribution in [0.2, 0.25) is 0 Å². The van der Waals surface area contributed by atoms with Crippen LogP contribution in [0.25, 0.3) is 5.57 Å². The number of hydrogen-bond acceptors (Lipinski definition) is 4. The first-order chi connectivity index (χ1) is 23.3. The molecule has 0 radical (unpaired) electrons. The Labute approximate surface area is 276 Å². The van der Waals surface area contributed by atoms with Gasteiger partial charge in [0.2, 0.25) is 0 Å². The van der Waals surface area contributed by atoms with Crippen LogP contribution < -0.4 is 9.80 Å². The molecule has 6 aromatic rings. The fourth-order valence-electron chi connectivity index (χ4n) is 8.56. The van der Waals surface area contributed by atoms with Gasteiger partial charge in [0.25, 0.3) is 0 Å². The van der Waals surface area contributed by atoms with Crippen LogP contribution in [-0.2, 0) is 16.2 Å². The Bertz CT molecular complexity index is 2260. The molecule has 2 aliphatic heterocycles. The molecule has 3 atom stereocenters. The summed E-state index contributed by atoms with van der Waals surface area (Å²) in [5.41, 5.74) is 11.0. The number of rotatable bonds is 2. The number of benzene rings is 5. The van der Waals surface area contributed by atoms with Crippen molar-refractivity contribution in [2.75, 3.05) is 9.80 Å². The minimum absolute atomic E-state index is 0.169. The van der Waals surface area contributed by atoms with Crippen molar-refractivity contribution in [1.82, 2.24) is 4.98 Å². The fraction of sp³-hybridized carbons (Fsp3) is 0.0714. The van der Waals surface area contributed by atoms with Gasteiger partial charge in [-0.1, -0.05) is 109 Å². The number of hydrogen-bond donors (Lipinski definition) is 0. The standard InChI is InChI=1S/C42H29N3OS/c46-47-38-23-11-10-22-36(38)45(39-24-12-13-27-43-39)37-26-25-33-40(41(37)47)29-16-4-5-17-30(29)42(33)31-18-6-8-20-34(31)44(28-14-2-1-3-15-28)35-21-9-7-19-32(35)42/h1-27,37,41H. The van der Waals surface area contributed by atoms with Crippen LogP contribution in [0, 0.1) is 0 Å². The first-order valence-corrected chi connectivity index (χ1v) is 17.3. The lowest BCUT2D eigenvalue weighted by atomic mass is 9.63. The highest BCUT2D eigenvalue weighted by atomic mass is 32.2. The van der Waals surface area contributed by atoms with E-state index in [2.05, 4.69) is 137 Å². The molecular formula is C42H29N3OS. The van der Waals surface area contributed by atoms with Crippen molar-refractivity contribution in [3.63, 3.8) is 0 Å². The second-order valence-corrected chi connectivity index (χ2v) is 14.0. The predicted octanol–water partition coefficient (Wildman–Crippen LogP) is 9.23. The van der Waals surface area contributed by atoms with E-state index in [4.69, 9.17) is 4.98 Å². The van der Waals surface area contributed by atoms with Crippen molar-refractivity contribution < 1.29 is 4.21 Å². The Hall–Kier alpha value is -5.52. The molecule has 0 bridgehead atoms. The van der Waals surface area contributed by atoms with Gasteiger partial charge in [0.1, 0.15) is 5.82 Å². The maximum atomic E-state index is 15.0. The summed E-state index contributed by atoms with van der Waals surface area (Å²) >= 11 is 0. The summed E-state index contributed by atoms with van der Waals surface area (Å²) in [4.78, 5) is 10.3. The largest absolute Gasteiger partial charge is 0.317 e. The van der Waals surface area contributed by atoms with Crippen molar-refractivity contribution >= 4 is 44.9 Å². The van der Waals surface area contributed by atoms with Gasteiger partial charge in [-0.15, -0.1) is 0 Å². The lowest BCUT2D eigenvalue weighted by Gasteiger charge is -2.47. The van der Waals surface area contributed by atoms with Gasteiger partial charge in [-0.05, 0) is 81.9 Å². The number of aromatic nitrogens is 1. The quantitative estimate of drug-likeness (QED) is 0.193. The number of fused-ring (bicyclic) bond motifs is 11. The van der Waals surface area contributed by atoms with E-state index < -0.39 is 16.2 Å². The van der Waals surface area contributed by atoms with Gasteiger partial charge < -0.3 is 9.80 Å². The molecule has 0 fully saturated rings. The maximum Gasteiger partial charge on any atom is 0.133 e. The molecule has 1 spiro atoms. The minimum atomic E-state index is -1.31. The van der Waals surface area contributed by atoms with Crippen molar-refractivity contribution in [3.8, 4) is 0 Å². The molecule has 0 saturated heterocycles. The molecule has 0 saturated carbocycles. The highest BCUT2D eigenvalue weighted by molar-refractivity contribution is 7.86. The van der Waals surface area contributed by atoms with E-state index in [0.717, 1.165) is 33.5 Å². The van der Waals surface area contributed by atoms with Crippen LogP contribution in [0.1, 0.15) is 22.3 Å². The van der Waals surface area contributed by atoms with Gasteiger partial charge in [-0.2, -0.15) is 0 Å². The Morgan fingerprint density at radius 1 is 0.617 bits per heavy atom. The lowest BCUT2D eigenvalue weighted by Crippen LogP contribution is -2.48. The summed E-state index contributed by atoms with van der Waals surface area (Å²) in [6, 6.07) is 51.1. The van der Waals surface area contributed by atoms with Crippen molar-refractivity contribution in [2.24, 2.45) is 0 Å². The van der Waals surface area contributed by atoms with E-state index in [1.165, 1.54) is 33.4 Å². The van der Waals surface area contributed by atoms with E-state index >= 15 is 0 Å². The van der Waals surface area contributed by atoms with Crippen LogP contribution in [-0.4, -0.2) is 20.5 Å². The van der Waals surface area contributed by atoms with Crippen LogP contribution in [0.15, 0.2) is 174 Å². The Balaban J connectivity index is 1.29. The van der Waals surface area contributed by atoms with Gasteiger partial charge in [0.15, 0.2) is 0 Å². The molecule has 4 aliphatic rings. The third-order valence-electron chi connectivity index (χ3n) is 10.2. The van der Waals surface area contributed by atoms with Gasteiger partial charge >= 0.3 is 0 Å². The Morgan fingerprint density at radius 3 is 1.96 bits per heavy atom. The summed E-state index contributed by atoms with van der Waals surface area (Å²) in [6.45, 7) is 0. The molecule has 224 valence electrons. The molecule has 3 heterocycles. The first-order valence-electron chi connectivity index (χ1n) is 16.1. The van der Waals surface area contributed by atoms with E-state index in [0.29, 0.717) is 0 Å². The summed E-state index contributed by atoms with van der Waals surface area (Å²) in [6.07, 6.45) is 6.46. The average molecular weight is 624 g/mol. The van der Waals surface area contributed by atoms with Crippen LogP contribution in [0.5, 0.6) is 0 Å². The number of allylic oxidation sites excluding steroid dienone is 2. The molecule has 5 heteroatoms. The zero-order chi connectivity index (χ0) is 31.1. The Morgan fingerprint density at radius 2 is 1.23 bits per heavy atom. The van der Waals surface area contributed by atoms with Gasteiger partial charge in [0, 0.05) is 11.9 Å². The zero-order valence-corrected chi connectivity index (χ0v) is 26.2. The summed E-state index contributed by atoms with van der Waals surface area (Å²) in [5.74, 6) is 0.855. The fourth-order valence-corrected chi connectivity index (χ4v) is 10.4. The molecular weight excluding hydrogens is 595 g/mol. The van der Waals surface area contributed by atoms with Crippen molar-refractivity contribution in [3.05, 3.63) is 192 Å². The molecule has 0 N–H and O–H groups in total. The smallest absolute Gasteiger partial charge is 0.133 e. The molecule has 0 amide bonds. The molecule has 1 aromatic heterocycles. The minimum Gasteiger partial charge on any atom is -0.317 e. The normalized spacial score (nSPS) is 21.0. The van der Waals surface area contributed by atoms with Gasteiger partial charge in [0.05, 0.1) is 49.5 Å². The third-order valence-corrected chi connectivity index (χ3v) is 12.0. The number of nitrogens with zero attached hydrogens (tertiary/aromatic N) is 3. The topological polar surface area (TPSA) is 36.4 Å². The van der Waals surface area contributed by atoms with E-state index in [9.17, 15) is 4.21 Å². The molecule has 4 nitrogen and oxygen atoms in total. The predicted molar refractivity (Wildman–Crippen MR) is 190 cm³/mol. The summed E-state index contributed by atoms with van der Waals surface area (Å²) in [5, 5.41) is -0.293. The summed E-state index contributed by atoms with van der Waals surface area (Å²) in [7, 11) is -1.31. The highest BCUT2D eigenvalue weighted by Crippen LogP contribution is 2.65.